The number of unbranched alkanes of at least 4 members (excludes halogenated alkanes) is 1. The summed E-state index contributed by atoms with van der Waals surface area (Å²) >= 11 is 6.21. The Bertz CT molecular complexity index is 534. The molecule has 1 heterocycles. The van der Waals surface area contributed by atoms with Gasteiger partial charge >= 0.3 is 0 Å². The molecule has 0 fully saturated rings. The van der Waals surface area contributed by atoms with Crippen molar-refractivity contribution in [1.29, 1.82) is 0 Å². The van der Waals surface area contributed by atoms with Gasteiger partial charge in [0.25, 0.3) is 0 Å². The van der Waals surface area contributed by atoms with Crippen molar-refractivity contribution in [3.05, 3.63) is 46.7 Å². The number of benzene rings is 1. The van der Waals surface area contributed by atoms with E-state index in [-0.39, 0.29) is 0 Å². The molecule has 2 aromatic rings. The normalized spacial score (nSPS) is 10.7. The van der Waals surface area contributed by atoms with Crippen LogP contribution in [0.2, 0.25) is 5.02 Å². The lowest BCUT2D eigenvalue weighted by molar-refractivity contribution is 0.775. The third-order valence-electron chi connectivity index (χ3n) is 3.01. The molecule has 3 nitrogen and oxygen atoms in total. The summed E-state index contributed by atoms with van der Waals surface area (Å²) in [5, 5.41) is 4.18. The molecule has 0 saturated heterocycles. The monoisotopic (exact) mass is 277 g/mol. The van der Waals surface area contributed by atoms with Gasteiger partial charge in [-0.05, 0) is 25.0 Å². The van der Waals surface area contributed by atoms with E-state index in [1.54, 1.807) is 0 Å². The quantitative estimate of drug-likeness (QED) is 0.806. The number of aromatic nitrogens is 2. The van der Waals surface area contributed by atoms with Gasteiger partial charge in [-0.1, -0.05) is 43.1 Å². The molecule has 0 bridgehead atoms. The summed E-state index contributed by atoms with van der Waals surface area (Å²) in [6.45, 7) is 5.89. The highest BCUT2D eigenvalue weighted by molar-refractivity contribution is 6.31. The fraction of sp³-hybridized carbons (Fsp3) is 0.400. The van der Waals surface area contributed by atoms with Crippen LogP contribution in [0.1, 0.15) is 31.0 Å². The molecule has 102 valence electrons. The number of nitrogens with one attached hydrogen (secondary N) is 1. The zero-order valence-electron chi connectivity index (χ0n) is 11.5. The molecule has 0 atom stereocenters. The lowest BCUT2D eigenvalue weighted by Crippen LogP contribution is -2.09. The molecule has 1 N–H and O–H groups in total. The van der Waals surface area contributed by atoms with Gasteiger partial charge in [0.05, 0.1) is 12.2 Å². The Kier molecular flexibility index (Phi) is 4.86. The van der Waals surface area contributed by atoms with Crippen molar-refractivity contribution in [2.24, 2.45) is 0 Å². The van der Waals surface area contributed by atoms with Gasteiger partial charge in [0.1, 0.15) is 0 Å². The maximum Gasteiger partial charge on any atom is 0.203 e. The van der Waals surface area contributed by atoms with Crippen LogP contribution in [0, 0.1) is 6.92 Å². The number of halogens is 1. The van der Waals surface area contributed by atoms with Crippen LogP contribution in [0.3, 0.4) is 0 Å². The summed E-state index contributed by atoms with van der Waals surface area (Å²) in [5.41, 5.74) is 2.13. The Morgan fingerprint density at radius 3 is 2.84 bits per heavy atom. The van der Waals surface area contributed by atoms with Crippen molar-refractivity contribution in [1.82, 2.24) is 9.55 Å². The molecule has 1 aromatic carbocycles. The zero-order valence-corrected chi connectivity index (χ0v) is 12.2. The lowest BCUT2D eigenvalue weighted by atomic mass is 10.2. The molecule has 0 unspecified atom stereocenters. The molecule has 0 amide bonds. The van der Waals surface area contributed by atoms with Gasteiger partial charge in [-0.15, -0.1) is 0 Å². The van der Waals surface area contributed by atoms with Crippen LogP contribution in [-0.2, 0) is 6.54 Å². The second kappa shape index (κ2) is 6.62. The van der Waals surface area contributed by atoms with Crippen molar-refractivity contribution in [2.75, 3.05) is 11.9 Å². The summed E-state index contributed by atoms with van der Waals surface area (Å²) in [6, 6.07) is 7.93. The van der Waals surface area contributed by atoms with Crippen molar-refractivity contribution in [3.8, 4) is 0 Å². The van der Waals surface area contributed by atoms with Gasteiger partial charge in [0, 0.05) is 17.8 Å². The van der Waals surface area contributed by atoms with Crippen LogP contribution >= 0.6 is 11.6 Å². The molecule has 0 saturated carbocycles. The van der Waals surface area contributed by atoms with Gasteiger partial charge in [-0.3, -0.25) is 0 Å². The third kappa shape index (κ3) is 3.74. The minimum Gasteiger partial charge on any atom is -0.356 e. The van der Waals surface area contributed by atoms with Crippen LogP contribution in [0.25, 0.3) is 0 Å². The lowest BCUT2D eigenvalue weighted by Gasteiger charge is -2.10. The van der Waals surface area contributed by atoms with E-state index >= 15 is 0 Å². The average molecular weight is 278 g/mol. The van der Waals surface area contributed by atoms with E-state index in [2.05, 4.69) is 28.0 Å². The maximum atomic E-state index is 6.21. The molecule has 0 spiro atoms. The Morgan fingerprint density at radius 1 is 1.32 bits per heavy atom. The topological polar surface area (TPSA) is 29.9 Å². The number of aryl methyl sites for hydroxylation is 1. The predicted octanol–water partition coefficient (Wildman–Crippen LogP) is 4.11. The summed E-state index contributed by atoms with van der Waals surface area (Å²) in [6.07, 6.45) is 4.38. The molecule has 0 radical (unpaired) electrons. The van der Waals surface area contributed by atoms with Crippen molar-refractivity contribution < 1.29 is 0 Å². The fourth-order valence-electron chi connectivity index (χ4n) is 2.00. The van der Waals surface area contributed by atoms with Gasteiger partial charge in [-0.25, -0.2) is 4.98 Å². The second-order valence-electron chi connectivity index (χ2n) is 4.71. The Morgan fingerprint density at radius 2 is 2.11 bits per heavy atom. The minimum absolute atomic E-state index is 0.745. The predicted molar refractivity (Wildman–Crippen MR) is 80.9 cm³/mol. The van der Waals surface area contributed by atoms with Crippen LogP contribution < -0.4 is 5.32 Å². The molecule has 0 aliphatic heterocycles. The van der Waals surface area contributed by atoms with E-state index in [4.69, 9.17) is 11.6 Å². The second-order valence-corrected chi connectivity index (χ2v) is 5.11. The first kappa shape index (κ1) is 13.9. The average Bonchev–Trinajstić information content (AvgIpc) is 2.73. The van der Waals surface area contributed by atoms with Crippen LogP contribution in [0.4, 0.5) is 5.95 Å². The number of imidazole rings is 1. The fourth-order valence-corrected chi connectivity index (χ4v) is 2.19. The van der Waals surface area contributed by atoms with Crippen LogP contribution in [-0.4, -0.2) is 16.1 Å². The van der Waals surface area contributed by atoms with Crippen LogP contribution in [0.15, 0.2) is 30.5 Å². The molecule has 4 heteroatoms. The highest BCUT2D eigenvalue weighted by Crippen LogP contribution is 2.18. The molecule has 2 rings (SSSR count). The Labute approximate surface area is 119 Å². The Hall–Kier alpha value is -1.48. The first-order chi connectivity index (χ1) is 9.20. The smallest absolute Gasteiger partial charge is 0.203 e. The number of hydrogen-bond donors (Lipinski definition) is 1. The van der Waals surface area contributed by atoms with E-state index in [1.165, 1.54) is 6.42 Å². The first-order valence-corrected chi connectivity index (χ1v) is 7.09. The van der Waals surface area contributed by atoms with Crippen molar-refractivity contribution in [2.45, 2.75) is 33.2 Å². The molecule has 0 aliphatic rings. The maximum absolute atomic E-state index is 6.21. The molecular weight excluding hydrogens is 258 g/mol. The first-order valence-electron chi connectivity index (χ1n) is 6.71. The van der Waals surface area contributed by atoms with E-state index in [0.29, 0.717) is 0 Å². The van der Waals surface area contributed by atoms with Gasteiger partial charge in [-0.2, -0.15) is 0 Å². The summed E-state index contributed by atoms with van der Waals surface area (Å²) in [4.78, 5) is 4.52. The van der Waals surface area contributed by atoms with E-state index in [9.17, 15) is 0 Å². The van der Waals surface area contributed by atoms with Crippen LogP contribution in [0.5, 0.6) is 0 Å². The summed E-state index contributed by atoms with van der Waals surface area (Å²) < 4.78 is 2.12. The largest absolute Gasteiger partial charge is 0.356 e. The van der Waals surface area contributed by atoms with Gasteiger partial charge in [0.15, 0.2) is 0 Å². The van der Waals surface area contributed by atoms with Crippen molar-refractivity contribution >= 4 is 17.5 Å². The highest BCUT2D eigenvalue weighted by atomic mass is 35.5. The van der Waals surface area contributed by atoms with E-state index in [0.717, 1.165) is 41.7 Å². The molecule has 19 heavy (non-hydrogen) atoms. The zero-order chi connectivity index (χ0) is 13.7. The summed E-state index contributed by atoms with van der Waals surface area (Å²) in [5.74, 6) is 0.922. The standard InChI is InChI=1S/C15H20ClN3/c1-3-4-9-17-15-18-12(2)10-19(15)11-13-7-5-6-8-14(13)16/h5-8,10H,3-4,9,11H2,1-2H3,(H,17,18). The molecular formula is C15H20ClN3. The number of hydrogen-bond acceptors (Lipinski definition) is 2. The highest BCUT2D eigenvalue weighted by Gasteiger charge is 2.07. The number of anilines is 1. The number of rotatable bonds is 6. The Balaban J connectivity index is 2.13. The van der Waals surface area contributed by atoms with Gasteiger partial charge < -0.3 is 9.88 Å². The summed E-state index contributed by atoms with van der Waals surface area (Å²) in [7, 11) is 0. The van der Waals surface area contributed by atoms with Crippen molar-refractivity contribution in [3.63, 3.8) is 0 Å². The van der Waals surface area contributed by atoms with E-state index in [1.807, 2.05) is 31.2 Å². The SMILES string of the molecule is CCCCNc1nc(C)cn1Cc1ccccc1Cl. The minimum atomic E-state index is 0.745. The van der Waals surface area contributed by atoms with E-state index < -0.39 is 0 Å². The number of nitrogens with zero attached hydrogens (tertiary/aromatic N) is 2. The molecule has 0 aliphatic carbocycles. The third-order valence-corrected chi connectivity index (χ3v) is 3.38. The molecule has 1 aromatic heterocycles. The van der Waals surface area contributed by atoms with Gasteiger partial charge in [0.2, 0.25) is 5.95 Å².